The van der Waals surface area contributed by atoms with Crippen LogP contribution in [0.1, 0.15) is 29.3 Å². The van der Waals surface area contributed by atoms with Crippen LogP contribution in [0.2, 0.25) is 0 Å². The second-order valence-electron chi connectivity index (χ2n) is 6.69. The predicted octanol–water partition coefficient (Wildman–Crippen LogP) is 2.36. The van der Waals surface area contributed by atoms with Gasteiger partial charge in [0.25, 0.3) is 5.91 Å². The second kappa shape index (κ2) is 6.02. The zero-order chi connectivity index (χ0) is 17.4. The summed E-state index contributed by atoms with van der Waals surface area (Å²) in [5, 5.41) is 2.86. The number of carbonyl (C=O) groups excluding carboxylic acids is 1. The van der Waals surface area contributed by atoms with Crippen molar-refractivity contribution in [3.05, 3.63) is 53.9 Å². The average Bonchev–Trinajstić information content (AvgIpc) is 2.80. The monoisotopic (exact) mass is 344 g/mol. The molecule has 1 aliphatic heterocycles. The number of nitrogens with one attached hydrogen (secondary N) is 1. The van der Waals surface area contributed by atoms with Gasteiger partial charge in [0, 0.05) is 18.0 Å². The average molecular weight is 344 g/mol. The first-order chi connectivity index (χ1) is 11.3. The molecule has 0 aliphatic carbocycles. The molecule has 1 aromatic heterocycles. The van der Waals surface area contributed by atoms with Crippen LogP contribution >= 0.6 is 0 Å². The van der Waals surface area contributed by atoms with Crippen LogP contribution in [-0.4, -0.2) is 36.4 Å². The number of aryl methyl sites for hydroxylation is 1. The fraction of sp³-hybridized carbons (Fsp3) is 0.333. The topological polar surface area (TPSA) is 76.1 Å². The SMILES string of the molecule is Cc1cccc(-c2cncc(C(=O)NC3(C)CCS(=O)(=O)C3)c2)c1. The Hall–Kier alpha value is -2.21. The maximum atomic E-state index is 12.5. The zero-order valence-electron chi connectivity index (χ0n) is 13.7. The number of sulfone groups is 1. The van der Waals surface area contributed by atoms with E-state index in [1.165, 1.54) is 6.20 Å². The van der Waals surface area contributed by atoms with Gasteiger partial charge in [-0.25, -0.2) is 8.42 Å². The zero-order valence-corrected chi connectivity index (χ0v) is 14.6. The molecule has 1 atom stereocenters. The van der Waals surface area contributed by atoms with Crippen molar-refractivity contribution >= 4 is 15.7 Å². The van der Waals surface area contributed by atoms with E-state index in [4.69, 9.17) is 0 Å². The number of pyridine rings is 1. The van der Waals surface area contributed by atoms with E-state index in [9.17, 15) is 13.2 Å². The molecule has 24 heavy (non-hydrogen) atoms. The van der Waals surface area contributed by atoms with Crippen molar-refractivity contribution in [2.24, 2.45) is 0 Å². The third-order valence-corrected chi connectivity index (χ3v) is 6.17. The standard InChI is InChI=1S/C18H20N2O3S/c1-13-4-3-5-14(8-13)15-9-16(11-19-10-15)17(21)20-18(2)6-7-24(22,23)12-18/h3-5,8-11H,6-7,12H2,1-2H3,(H,20,21). The highest BCUT2D eigenvalue weighted by atomic mass is 32.2. The number of nitrogens with zero attached hydrogens (tertiary/aromatic N) is 1. The largest absolute Gasteiger partial charge is 0.346 e. The van der Waals surface area contributed by atoms with Crippen LogP contribution in [0.5, 0.6) is 0 Å². The van der Waals surface area contributed by atoms with Crippen molar-refractivity contribution in [3.63, 3.8) is 0 Å². The van der Waals surface area contributed by atoms with E-state index >= 15 is 0 Å². The lowest BCUT2D eigenvalue weighted by molar-refractivity contribution is 0.0915. The number of amides is 1. The third-order valence-electron chi connectivity index (χ3n) is 4.27. The van der Waals surface area contributed by atoms with E-state index < -0.39 is 15.4 Å². The van der Waals surface area contributed by atoms with Gasteiger partial charge in [-0.2, -0.15) is 0 Å². The van der Waals surface area contributed by atoms with E-state index in [1.54, 1.807) is 19.2 Å². The molecule has 5 nitrogen and oxygen atoms in total. The second-order valence-corrected chi connectivity index (χ2v) is 8.87. The summed E-state index contributed by atoms with van der Waals surface area (Å²) in [7, 11) is -3.07. The van der Waals surface area contributed by atoms with Gasteiger partial charge in [-0.05, 0) is 31.9 Å². The molecule has 1 saturated heterocycles. The molecular weight excluding hydrogens is 324 g/mol. The Balaban J connectivity index is 1.83. The predicted molar refractivity (Wildman–Crippen MR) is 93.6 cm³/mol. The fourth-order valence-corrected chi connectivity index (χ4v) is 5.10. The maximum Gasteiger partial charge on any atom is 0.253 e. The summed E-state index contributed by atoms with van der Waals surface area (Å²) >= 11 is 0. The van der Waals surface area contributed by atoms with E-state index in [0.717, 1.165) is 16.7 Å². The number of hydrogen-bond acceptors (Lipinski definition) is 4. The van der Waals surface area contributed by atoms with Crippen molar-refractivity contribution in [1.82, 2.24) is 10.3 Å². The molecule has 0 saturated carbocycles. The number of aromatic nitrogens is 1. The first kappa shape index (κ1) is 16.6. The van der Waals surface area contributed by atoms with Crippen LogP contribution in [0.15, 0.2) is 42.7 Å². The van der Waals surface area contributed by atoms with Gasteiger partial charge < -0.3 is 5.32 Å². The van der Waals surface area contributed by atoms with E-state index in [2.05, 4.69) is 10.3 Å². The van der Waals surface area contributed by atoms with E-state index in [0.29, 0.717) is 12.0 Å². The summed E-state index contributed by atoms with van der Waals surface area (Å²) < 4.78 is 23.3. The Bertz CT molecular complexity index is 893. The summed E-state index contributed by atoms with van der Waals surface area (Å²) in [6, 6.07) is 9.75. The number of rotatable bonds is 3. The Morgan fingerprint density at radius 1 is 1.21 bits per heavy atom. The van der Waals surface area contributed by atoms with Gasteiger partial charge in [-0.3, -0.25) is 9.78 Å². The minimum absolute atomic E-state index is 0.0171. The minimum Gasteiger partial charge on any atom is -0.346 e. The highest BCUT2D eigenvalue weighted by molar-refractivity contribution is 7.91. The van der Waals surface area contributed by atoms with Gasteiger partial charge in [0.1, 0.15) is 0 Å². The molecule has 1 fully saturated rings. The summed E-state index contributed by atoms with van der Waals surface area (Å²) in [4.78, 5) is 16.7. The highest BCUT2D eigenvalue weighted by Crippen LogP contribution is 2.24. The van der Waals surface area contributed by atoms with Crippen molar-refractivity contribution < 1.29 is 13.2 Å². The normalized spacial score (nSPS) is 22.2. The summed E-state index contributed by atoms with van der Waals surface area (Å²) in [6.07, 6.45) is 3.65. The van der Waals surface area contributed by atoms with Crippen LogP contribution in [-0.2, 0) is 9.84 Å². The fourth-order valence-electron chi connectivity index (χ4n) is 3.00. The molecule has 1 N–H and O–H groups in total. The first-order valence-corrected chi connectivity index (χ1v) is 9.64. The lowest BCUT2D eigenvalue weighted by Crippen LogP contribution is -2.46. The van der Waals surface area contributed by atoms with Crippen LogP contribution in [0, 0.1) is 6.92 Å². The molecule has 1 aromatic carbocycles. The molecule has 6 heteroatoms. The molecule has 2 aromatic rings. The molecule has 3 rings (SSSR count). The lowest BCUT2D eigenvalue weighted by atomic mass is 10.0. The van der Waals surface area contributed by atoms with Crippen molar-refractivity contribution in [2.45, 2.75) is 25.8 Å². The summed E-state index contributed by atoms with van der Waals surface area (Å²) in [5.41, 5.74) is 2.70. The number of benzene rings is 1. The van der Waals surface area contributed by atoms with Crippen molar-refractivity contribution in [3.8, 4) is 11.1 Å². The molecule has 1 unspecified atom stereocenters. The Morgan fingerprint density at radius 3 is 2.67 bits per heavy atom. The lowest BCUT2D eigenvalue weighted by Gasteiger charge is -2.23. The van der Waals surface area contributed by atoms with Gasteiger partial charge in [-0.15, -0.1) is 0 Å². The molecule has 2 heterocycles. The molecule has 1 amide bonds. The smallest absolute Gasteiger partial charge is 0.253 e. The van der Waals surface area contributed by atoms with Gasteiger partial charge in [0.15, 0.2) is 9.84 Å². The van der Waals surface area contributed by atoms with Gasteiger partial charge in [0.05, 0.1) is 22.6 Å². The Morgan fingerprint density at radius 2 is 2.00 bits per heavy atom. The molecule has 1 aliphatic rings. The Labute approximate surface area is 142 Å². The quantitative estimate of drug-likeness (QED) is 0.927. The summed E-state index contributed by atoms with van der Waals surface area (Å²) in [6.45, 7) is 3.78. The van der Waals surface area contributed by atoms with Crippen molar-refractivity contribution in [1.29, 1.82) is 0 Å². The molecular formula is C18H20N2O3S. The molecule has 0 spiro atoms. The first-order valence-electron chi connectivity index (χ1n) is 7.81. The third kappa shape index (κ3) is 3.64. The molecule has 0 radical (unpaired) electrons. The maximum absolute atomic E-state index is 12.5. The summed E-state index contributed by atoms with van der Waals surface area (Å²) in [5.74, 6) is -0.196. The molecule has 126 valence electrons. The van der Waals surface area contributed by atoms with Crippen LogP contribution in [0.25, 0.3) is 11.1 Å². The number of hydrogen-bond donors (Lipinski definition) is 1. The van der Waals surface area contributed by atoms with Crippen LogP contribution in [0.3, 0.4) is 0 Å². The van der Waals surface area contributed by atoms with Crippen molar-refractivity contribution in [2.75, 3.05) is 11.5 Å². The Kier molecular flexibility index (Phi) is 4.17. The van der Waals surface area contributed by atoms with Gasteiger partial charge in [0.2, 0.25) is 0 Å². The number of carbonyl (C=O) groups is 1. The molecule has 0 bridgehead atoms. The van der Waals surface area contributed by atoms with Gasteiger partial charge in [-0.1, -0.05) is 29.8 Å². The van der Waals surface area contributed by atoms with Crippen LogP contribution in [0.4, 0.5) is 0 Å². The van der Waals surface area contributed by atoms with Crippen LogP contribution < -0.4 is 5.32 Å². The highest BCUT2D eigenvalue weighted by Gasteiger charge is 2.39. The van der Waals surface area contributed by atoms with Gasteiger partial charge >= 0.3 is 0 Å². The van der Waals surface area contributed by atoms with E-state index in [1.807, 2.05) is 31.2 Å². The van der Waals surface area contributed by atoms with E-state index in [-0.39, 0.29) is 17.4 Å². The minimum atomic E-state index is -3.07.